The highest BCUT2D eigenvalue weighted by atomic mass is 35.5. The van der Waals surface area contributed by atoms with Gasteiger partial charge in [0.15, 0.2) is 11.6 Å². The van der Waals surface area contributed by atoms with E-state index in [4.69, 9.17) is 11.6 Å². The fourth-order valence-electron chi connectivity index (χ4n) is 3.53. The van der Waals surface area contributed by atoms with E-state index in [2.05, 4.69) is 10.2 Å². The summed E-state index contributed by atoms with van der Waals surface area (Å²) in [7, 11) is 0. The Morgan fingerprint density at radius 3 is 2.58 bits per heavy atom. The first-order chi connectivity index (χ1) is 14.6. The van der Waals surface area contributed by atoms with E-state index in [1.165, 1.54) is 17.0 Å². The minimum Gasteiger partial charge on any atom is -0.327 e. The van der Waals surface area contributed by atoms with Gasteiger partial charge in [0.05, 0.1) is 28.3 Å². The Kier molecular flexibility index (Phi) is 5.20. The number of aromatic nitrogens is 3. The monoisotopic (exact) mass is 456 g/mol. The first kappa shape index (κ1) is 21.2. The van der Waals surface area contributed by atoms with Crippen LogP contribution in [-0.2, 0) is 19.3 Å². The summed E-state index contributed by atoms with van der Waals surface area (Å²) in [6.45, 7) is 1.78. The minimum absolute atomic E-state index is 0.0491. The second-order valence-electron chi connectivity index (χ2n) is 7.12. The van der Waals surface area contributed by atoms with Gasteiger partial charge in [-0.25, -0.2) is 8.78 Å². The molecule has 0 saturated heterocycles. The molecule has 5 nitrogen and oxygen atoms in total. The van der Waals surface area contributed by atoms with Gasteiger partial charge in [0.25, 0.3) is 5.91 Å². The first-order valence-corrected chi connectivity index (χ1v) is 9.50. The van der Waals surface area contributed by atoms with Crippen molar-refractivity contribution in [3.8, 4) is 11.4 Å². The van der Waals surface area contributed by atoms with Crippen LogP contribution in [0, 0.1) is 11.6 Å². The van der Waals surface area contributed by atoms with Crippen molar-refractivity contribution in [1.82, 2.24) is 19.7 Å². The van der Waals surface area contributed by atoms with Gasteiger partial charge in [0, 0.05) is 18.7 Å². The highest BCUT2D eigenvalue weighted by Crippen LogP contribution is 2.37. The molecule has 1 amide bonds. The Morgan fingerprint density at radius 2 is 1.90 bits per heavy atom. The SMILES string of the molecule is C[C@H]1Cn2c(nnc2-c2ccc(F)cc2F)CN1C(=O)c1cccc(C(F)(F)F)c1Cl. The molecule has 0 fully saturated rings. The third-order valence-electron chi connectivity index (χ3n) is 5.09. The highest BCUT2D eigenvalue weighted by molar-refractivity contribution is 6.34. The molecule has 0 aliphatic carbocycles. The van der Waals surface area contributed by atoms with Crippen LogP contribution in [0.4, 0.5) is 22.0 Å². The van der Waals surface area contributed by atoms with E-state index in [9.17, 15) is 26.7 Å². The number of rotatable bonds is 2. The third kappa shape index (κ3) is 3.76. The van der Waals surface area contributed by atoms with E-state index in [1.54, 1.807) is 11.5 Å². The molecule has 162 valence electrons. The lowest BCUT2D eigenvalue weighted by molar-refractivity contribution is -0.137. The van der Waals surface area contributed by atoms with Gasteiger partial charge < -0.3 is 9.47 Å². The molecule has 1 aromatic heterocycles. The largest absolute Gasteiger partial charge is 0.417 e. The Morgan fingerprint density at radius 1 is 1.16 bits per heavy atom. The quantitative estimate of drug-likeness (QED) is 0.513. The molecule has 31 heavy (non-hydrogen) atoms. The number of alkyl halides is 3. The Balaban J connectivity index is 1.67. The molecule has 1 aliphatic rings. The molecular weight excluding hydrogens is 443 g/mol. The van der Waals surface area contributed by atoms with Crippen molar-refractivity contribution in [2.45, 2.75) is 32.2 Å². The van der Waals surface area contributed by atoms with Crippen LogP contribution in [0.5, 0.6) is 0 Å². The summed E-state index contributed by atoms with van der Waals surface area (Å²) in [6.07, 6.45) is -4.70. The van der Waals surface area contributed by atoms with Crippen molar-refractivity contribution < 1.29 is 26.7 Å². The maximum Gasteiger partial charge on any atom is 0.417 e. The van der Waals surface area contributed by atoms with Gasteiger partial charge in [-0.15, -0.1) is 10.2 Å². The number of nitrogens with zero attached hydrogens (tertiary/aromatic N) is 4. The van der Waals surface area contributed by atoms with E-state index in [0.717, 1.165) is 24.3 Å². The smallest absolute Gasteiger partial charge is 0.327 e. The zero-order valence-corrected chi connectivity index (χ0v) is 16.7. The van der Waals surface area contributed by atoms with Gasteiger partial charge >= 0.3 is 6.18 Å². The van der Waals surface area contributed by atoms with Crippen LogP contribution in [-0.4, -0.2) is 31.6 Å². The lowest BCUT2D eigenvalue weighted by Gasteiger charge is -2.34. The number of hydrogen-bond acceptors (Lipinski definition) is 3. The van der Waals surface area contributed by atoms with Crippen molar-refractivity contribution >= 4 is 17.5 Å². The summed E-state index contributed by atoms with van der Waals surface area (Å²) in [4.78, 5) is 14.3. The summed E-state index contributed by atoms with van der Waals surface area (Å²) in [5.41, 5.74) is -1.32. The number of hydrogen-bond donors (Lipinski definition) is 0. The molecule has 0 bridgehead atoms. The van der Waals surface area contributed by atoms with E-state index in [1.807, 2.05) is 0 Å². The predicted octanol–water partition coefficient (Wildman–Crippen LogP) is 4.94. The Hall–Kier alpha value is -3.01. The fraction of sp³-hybridized carbons (Fsp3) is 0.250. The van der Waals surface area contributed by atoms with Crippen LogP contribution >= 0.6 is 11.6 Å². The zero-order valence-electron chi connectivity index (χ0n) is 15.9. The maximum atomic E-state index is 14.2. The normalized spacial score (nSPS) is 16.4. The van der Waals surface area contributed by atoms with E-state index >= 15 is 0 Å². The molecule has 0 unspecified atom stereocenters. The number of carbonyl (C=O) groups is 1. The molecule has 2 aromatic carbocycles. The number of fused-ring (bicyclic) bond motifs is 1. The molecule has 0 N–H and O–H groups in total. The van der Waals surface area contributed by atoms with Crippen molar-refractivity contribution in [3.63, 3.8) is 0 Å². The topological polar surface area (TPSA) is 51.0 Å². The van der Waals surface area contributed by atoms with Crippen LogP contribution in [0.1, 0.15) is 28.7 Å². The second kappa shape index (κ2) is 7.60. The van der Waals surface area contributed by atoms with Gasteiger partial charge in [0.1, 0.15) is 11.6 Å². The molecule has 4 rings (SSSR count). The average molecular weight is 457 g/mol. The van der Waals surface area contributed by atoms with Gasteiger partial charge in [-0.2, -0.15) is 13.2 Å². The van der Waals surface area contributed by atoms with Crippen LogP contribution < -0.4 is 0 Å². The predicted molar refractivity (Wildman–Crippen MR) is 101 cm³/mol. The molecule has 3 aromatic rings. The molecule has 0 radical (unpaired) electrons. The number of amides is 1. The van der Waals surface area contributed by atoms with Gasteiger partial charge in [-0.3, -0.25) is 4.79 Å². The number of carbonyl (C=O) groups excluding carboxylic acids is 1. The molecule has 0 saturated carbocycles. The average Bonchev–Trinajstić information content (AvgIpc) is 3.08. The minimum atomic E-state index is -4.70. The summed E-state index contributed by atoms with van der Waals surface area (Å²) in [5, 5.41) is 7.27. The lowest BCUT2D eigenvalue weighted by Crippen LogP contribution is -2.45. The van der Waals surface area contributed by atoms with Crippen molar-refractivity contribution in [2.75, 3.05) is 0 Å². The summed E-state index contributed by atoms with van der Waals surface area (Å²) in [5.74, 6) is -1.75. The number of benzene rings is 2. The molecule has 1 aliphatic heterocycles. The standard InChI is InChI=1S/C20H14ClF5N4O/c1-10-8-30-16(27-28-18(30)12-6-5-11(22)7-15(12)23)9-29(10)19(31)13-3-2-4-14(17(13)21)20(24,25)26/h2-7,10H,8-9H2,1H3/t10-/m0/s1. The Labute approximate surface area is 178 Å². The summed E-state index contributed by atoms with van der Waals surface area (Å²) >= 11 is 5.90. The highest BCUT2D eigenvalue weighted by Gasteiger charge is 2.37. The van der Waals surface area contributed by atoms with Crippen LogP contribution in [0.25, 0.3) is 11.4 Å². The summed E-state index contributed by atoms with van der Waals surface area (Å²) < 4.78 is 68.4. The van der Waals surface area contributed by atoms with Crippen molar-refractivity contribution in [3.05, 3.63) is 70.0 Å². The molecule has 1 atom stereocenters. The third-order valence-corrected chi connectivity index (χ3v) is 5.49. The van der Waals surface area contributed by atoms with E-state index < -0.39 is 40.3 Å². The van der Waals surface area contributed by atoms with Crippen molar-refractivity contribution in [2.24, 2.45) is 0 Å². The van der Waals surface area contributed by atoms with E-state index in [-0.39, 0.29) is 30.0 Å². The molecule has 2 heterocycles. The second-order valence-corrected chi connectivity index (χ2v) is 7.50. The van der Waals surface area contributed by atoms with Crippen LogP contribution in [0.3, 0.4) is 0 Å². The lowest BCUT2D eigenvalue weighted by atomic mass is 10.1. The molecular formula is C20H14ClF5N4O. The van der Waals surface area contributed by atoms with Crippen molar-refractivity contribution in [1.29, 1.82) is 0 Å². The number of halogens is 6. The van der Waals surface area contributed by atoms with Crippen LogP contribution in [0.2, 0.25) is 5.02 Å². The summed E-state index contributed by atoms with van der Waals surface area (Å²) in [6, 6.07) is 5.74. The van der Waals surface area contributed by atoms with Gasteiger partial charge in [-0.05, 0) is 31.2 Å². The zero-order chi connectivity index (χ0) is 22.5. The fourth-order valence-corrected chi connectivity index (χ4v) is 3.84. The molecule has 0 spiro atoms. The maximum absolute atomic E-state index is 14.2. The van der Waals surface area contributed by atoms with Crippen LogP contribution in [0.15, 0.2) is 36.4 Å². The van der Waals surface area contributed by atoms with Gasteiger partial charge in [-0.1, -0.05) is 17.7 Å². The van der Waals surface area contributed by atoms with Gasteiger partial charge in [0.2, 0.25) is 0 Å². The first-order valence-electron chi connectivity index (χ1n) is 9.12. The van der Waals surface area contributed by atoms with E-state index in [0.29, 0.717) is 5.82 Å². The molecule has 11 heteroatoms. The Bertz CT molecular complexity index is 1180.